The molecule has 1 N–H and O–H groups in total. The van der Waals surface area contributed by atoms with Crippen molar-refractivity contribution < 1.29 is 23.7 Å². The van der Waals surface area contributed by atoms with Gasteiger partial charge in [-0.1, -0.05) is 30.3 Å². The molecule has 148 valence electrons. The number of amides is 1. The molecule has 1 fully saturated rings. The lowest BCUT2D eigenvalue weighted by molar-refractivity contribution is -0.159. The second kappa shape index (κ2) is 9.34. The lowest BCUT2D eigenvalue weighted by atomic mass is 10.2. The van der Waals surface area contributed by atoms with Crippen molar-refractivity contribution in [3.8, 4) is 11.5 Å². The van der Waals surface area contributed by atoms with E-state index in [4.69, 9.17) is 18.9 Å². The van der Waals surface area contributed by atoms with E-state index in [9.17, 15) is 4.79 Å². The summed E-state index contributed by atoms with van der Waals surface area (Å²) < 4.78 is 22.0. The lowest BCUT2D eigenvalue weighted by Gasteiger charge is -2.20. The molecule has 0 aliphatic carbocycles. The van der Waals surface area contributed by atoms with E-state index in [0.717, 1.165) is 11.1 Å². The molecular formula is C21H24N2O5. The van der Waals surface area contributed by atoms with E-state index >= 15 is 0 Å². The second-order valence-electron chi connectivity index (χ2n) is 6.49. The first-order valence-electron chi connectivity index (χ1n) is 9.02. The molecule has 0 aromatic heterocycles. The average molecular weight is 384 g/mol. The predicted molar refractivity (Wildman–Crippen MR) is 104 cm³/mol. The fourth-order valence-electron chi connectivity index (χ4n) is 2.79. The zero-order chi connectivity index (χ0) is 19.8. The fourth-order valence-corrected chi connectivity index (χ4v) is 2.79. The van der Waals surface area contributed by atoms with Crippen molar-refractivity contribution >= 4 is 12.1 Å². The highest BCUT2D eigenvalue weighted by atomic mass is 16.7. The predicted octanol–water partition coefficient (Wildman–Crippen LogP) is 2.88. The molecule has 0 bridgehead atoms. The third-order valence-corrected chi connectivity index (χ3v) is 4.21. The van der Waals surface area contributed by atoms with Crippen molar-refractivity contribution in [2.24, 2.45) is 5.10 Å². The Hall–Kier alpha value is -2.90. The number of benzene rings is 2. The van der Waals surface area contributed by atoms with Crippen LogP contribution in [0.25, 0.3) is 0 Å². The minimum Gasteiger partial charge on any atom is -0.493 e. The van der Waals surface area contributed by atoms with Crippen LogP contribution in [-0.2, 0) is 20.9 Å². The largest absolute Gasteiger partial charge is 0.493 e. The zero-order valence-corrected chi connectivity index (χ0v) is 16.0. The Labute approximate surface area is 164 Å². The molecular weight excluding hydrogens is 360 g/mol. The quantitative estimate of drug-likeness (QED) is 0.559. The van der Waals surface area contributed by atoms with Crippen LogP contribution in [0.3, 0.4) is 0 Å². The van der Waals surface area contributed by atoms with Crippen LogP contribution >= 0.6 is 0 Å². The normalized spacial score (nSPS) is 15.5. The highest BCUT2D eigenvalue weighted by Crippen LogP contribution is 2.28. The summed E-state index contributed by atoms with van der Waals surface area (Å²) in [7, 11) is 1.58. The summed E-state index contributed by atoms with van der Waals surface area (Å²) in [5, 5.41) is 3.98. The van der Waals surface area contributed by atoms with Crippen molar-refractivity contribution in [3.63, 3.8) is 0 Å². The van der Waals surface area contributed by atoms with Gasteiger partial charge in [0.2, 0.25) is 5.91 Å². The smallest absolute Gasteiger partial charge is 0.245 e. The van der Waals surface area contributed by atoms with Crippen LogP contribution in [0.15, 0.2) is 53.6 Å². The molecule has 2 aromatic rings. The van der Waals surface area contributed by atoms with Gasteiger partial charge >= 0.3 is 0 Å². The van der Waals surface area contributed by atoms with Gasteiger partial charge in [0.05, 0.1) is 33.0 Å². The van der Waals surface area contributed by atoms with E-state index in [1.165, 1.54) is 0 Å². The molecule has 0 saturated carbocycles. The van der Waals surface area contributed by atoms with Crippen LogP contribution in [0.4, 0.5) is 0 Å². The highest BCUT2D eigenvalue weighted by Gasteiger charge is 2.33. The van der Waals surface area contributed by atoms with Crippen molar-refractivity contribution in [2.75, 3.05) is 20.3 Å². The van der Waals surface area contributed by atoms with E-state index < -0.39 is 5.79 Å². The van der Waals surface area contributed by atoms with Gasteiger partial charge in [-0.3, -0.25) is 4.79 Å². The number of methoxy groups -OCH3 is 1. The molecule has 1 aliphatic heterocycles. The number of rotatable bonds is 8. The molecule has 1 heterocycles. The Morgan fingerprint density at radius 2 is 1.93 bits per heavy atom. The van der Waals surface area contributed by atoms with Gasteiger partial charge in [0, 0.05) is 0 Å². The number of ether oxygens (including phenoxy) is 4. The molecule has 7 nitrogen and oxygen atoms in total. The minimum atomic E-state index is -0.874. The van der Waals surface area contributed by atoms with Crippen LogP contribution < -0.4 is 14.9 Å². The van der Waals surface area contributed by atoms with E-state index in [0.29, 0.717) is 31.3 Å². The van der Waals surface area contributed by atoms with E-state index in [1.54, 1.807) is 26.3 Å². The maximum absolute atomic E-state index is 12.0. The summed E-state index contributed by atoms with van der Waals surface area (Å²) in [6, 6.07) is 15.3. The summed E-state index contributed by atoms with van der Waals surface area (Å²) in [4.78, 5) is 12.0. The van der Waals surface area contributed by atoms with E-state index in [2.05, 4.69) is 10.5 Å². The van der Waals surface area contributed by atoms with Crippen LogP contribution in [-0.4, -0.2) is 38.2 Å². The number of nitrogens with zero attached hydrogens (tertiary/aromatic N) is 1. The molecule has 2 aromatic carbocycles. The summed E-state index contributed by atoms with van der Waals surface area (Å²) in [6.07, 6.45) is 1.63. The SMILES string of the molecule is COc1cc(C=NNC(=O)CC2(C)OCCO2)ccc1OCc1ccccc1. The number of hydrazone groups is 1. The monoisotopic (exact) mass is 384 g/mol. The molecule has 0 atom stereocenters. The molecule has 7 heteroatoms. The topological polar surface area (TPSA) is 78.4 Å². The fraction of sp³-hybridized carbons (Fsp3) is 0.333. The zero-order valence-electron chi connectivity index (χ0n) is 16.0. The molecule has 0 unspecified atom stereocenters. The van der Waals surface area contributed by atoms with Crippen LogP contribution in [0.1, 0.15) is 24.5 Å². The first kappa shape index (κ1) is 19.9. The third kappa shape index (κ3) is 5.55. The number of hydrogen-bond donors (Lipinski definition) is 1. The first-order chi connectivity index (χ1) is 13.6. The van der Waals surface area contributed by atoms with Gasteiger partial charge in [-0.05, 0) is 36.2 Å². The lowest BCUT2D eigenvalue weighted by Crippen LogP contribution is -2.33. The number of hydrogen-bond acceptors (Lipinski definition) is 6. The first-order valence-corrected chi connectivity index (χ1v) is 9.02. The van der Waals surface area contributed by atoms with E-state index in [-0.39, 0.29) is 12.3 Å². The molecule has 3 rings (SSSR count). The summed E-state index contributed by atoms with van der Waals surface area (Å²) in [5.41, 5.74) is 4.32. The number of carbonyl (C=O) groups is 1. The molecule has 0 radical (unpaired) electrons. The Morgan fingerprint density at radius 3 is 2.64 bits per heavy atom. The molecule has 1 saturated heterocycles. The van der Waals surface area contributed by atoms with Crippen molar-refractivity contribution in [2.45, 2.75) is 25.7 Å². The molecule has 28 heavy (non-hydrogen) atoms. The van der Waals surface area contributed by atoms with Crippen LogP contribution in [0, 0.1) is 0 Å². The maximum Gasteiger partial charge on any atom is 0.245 e. The van der Waals surface area contributed by atoms with Crippen LogP contribution in [0.5, 0.6) is 11.5 Å². The number of nitrogens with one attached hydrogen (secondary N) is 1. The number of carbonyl (C=O) groups excluding carboxylic acids is 1. The minimum absolute atomic E-state index is 0.0833. The van der Waals surface area contributed by atoms with Crippen molar-refractivity contribution in [1.82, 2.24) is 5.43 Å². The Balaban J connectivity index is 1.55. The maximum atomic E-state index is 12.0. The molecule has 1 aliphatic rings. The van der Waals surface area contributed by atoms with Gasteiger partial charge in [-0.2, -0.15) is 5.10 Å². The second-order valence-corrected chi connectivity index (χ2v) is 6.49. The van der Waals surface area contributed by atoms with Gasteiger partial charge in [-0.25, -0.2) is 5.43 Å². The Kier molecular flexibility index (Phi) is 6.62. The highest BCUT2D eigenvalue weighted by molar-refractivity contribution is 5.83. The van der Waals surface area contributed by atoms with Gasteiger partial charge in [0.15, 0.2) is 17.3 Å². The van der Waals surface area contributed by atoms with Crippen molar-refractivity contribution in [3.05, 3.63) is 59.7 Å². The molecule has 1 amide bonds. The Bertz CT molecular complexity index is 817. The third-order valence-electron chi connectivity index (χ3n) is 4.21. The van der Waals surface area contributed by atoms with Crippen molar-refractivity contribution in [1.29, 1.82) is 0 Å². The van der Waals surface area contributed by atoms with E-state index in [1.807, 2.05) is 42.5 Å². The summed E-state index contributed by atoms with van der Waals surface area (Å²) in [5.74, 6) is 0.0681. The van der Waals surface area contributed by atoms with Gasteiger partial charge in [0.1, 0.15) is 6.61 Å². The molecule has 0 spiro atoms. The summed E-state index contributed by atoms with van der Waals surface area (Å²) >= 11 is 0. The Morgan fingerprint density at radius 1 is 1.18 bits per heavy atom. The van der Waals surface area contributed by atoms with Crippen LogP contribution in [0.2, 0.25) is 0 Å². The van der Waals surface area contributed by atoms with Gasteiger partial charge < -0.3 is 18.9 Å². The summed E-state index contributed by atoms with van der Waals surface area (Å²) in [6.45, 7) is 3.17. The standard InChI is InChI=1S/C21H24N2O5/c1-21(27-10-11-28-21)13-20(24)23-22-14-17-8-9-18(19(12-17)25-2)26-15-16-6-4-3-5-7-16/h3-9,12,14H,10-11,13,15H2,1-2H3,(H,23,24). The van der Waals surface area contributed by atoms with Gasteiger partial charge in [0.25, 0.3) is 0 Å². The average Bonchev–Trinajstić information content (AvgIpc) is 3.13. The van der Waals surface area contributed by atoms with Gasteiger partial charge in [-0.15, -0.1) is 0 Å².